The van der Waals surface area contributed by atoms with E-state index in [1.54, 1.807) is 0 Å². The first-order chi connectivity index (χ1) is 12.5. The zero-order chi connectivity index (χ0) is 20.4. The van der Waals surface area contributed by atoms with Crippen LogP contribution in [0, 0.1) is 0 Å². The number of anilines is 1. The first-order valence-corrected chi connectivity index (χ1v) is 9.62. The number of nitrogens with one attached hydrogen (secondary N) is 1. The van der Waals surface area contributed by atoms with Crippen LogP contribution in [-0.2, 0) is 20.8 Å². The number of sulfonamides is 1. The molecule has 0 heterocycles. The third kappa shape index (κ3) is 4.77. The van der Waals surface area contributed by atoms with Gasteiger partial charge in [-0.15, -0.1) is 0 Å². The lowest BCUT2D eigenvalue weighted by Gasteiger charge is -2.11. The molecule has 27 heavy (non-hydrogen) atoms. The zero-order valence-electron chi connectivity index (χ0n) is 13.5. The number of rotatable bonds is 6. The van der Waals surface area contributed by atoms with E-state index in [1.165, 1.54) is 7.11 Å². The molecular formula is C15H12F3NO6S2. The summed E-state index contributed by atoms with van der Waals surface area (Å²) in [5, 5.41) is 9.11. The Kier molecular flexibility index (Phi) is 5.80. The van der Waals surface area contributed by atoms with Gasteiger partial charge in [-0.2, -0.15) is 13.2 Å². The predicted octanol–water partition coefficient (Wildman–Crippen LogP) is 2.82. The molecule has 0 aliphatic rings. The van der Waals surface area contributed by atoms with E-state index < -0.39 is 37.2 Å². The molecule has 0 bridgehead atoms. The highest BCUT2D eigenvalue weighted by atomic mass is 32.2. The van der Waals surface area contributed by atoms with Gasteiger partial charge in [0.05, 0.1) is 12.0 Å². The Labute approximate surface area is 154 Å². The van der Waals surface area contributed by atoms with E-state index in [2.05, 4.69) is 4.72 Å². The monoisotopic (exact) mass is 423 g/mol. The topological polar surface area (TPSA) is 110 Å². The van der Waals surface area contributed by atoms with E-state index in [-0.39, 0.29) is 21.9 Å². The Morgan fingerprint density at radius 1 is 1.15 bits per heavy atom. The molecule has 2 aromatic rings. The summed E-state index contributed by atoms with van der Waals surface area (Å²) in [7, 11) is -6.24. The van der Waals surface area contributed by atoms with Crippen molar-refractivity contribution in [2.75, 3.05) is 11.8 Å². The van der Waals surface area contributed by atoms with Crippen molar-refractivity contribution >= 4 is 32.5 Å². The number of hydrogen-bond acceptors (Lipinski definition) is 5. The van der Waals surface area contributed by atoms with Crippen LogP contribution in [0.1, 0.15) is 10.4 Å². The predicted molar refractivity (Wildman–Crippen MR) is 89.7 cm³/mol. The Hall–Kier alpha value is -2.60. The van der Waals surface area contributed by atoms with E-state index >= 15 is 0 Å². The van der Waals surface area contributed by atoms with Crippen molar-refractivity contribution in [2.45, 2.75) is 15.3 Å². The highest BCUT2D eigenvalue weighted by Crippen LogP contribution is 2.28. The molecule has 0 aliphatic carbocycles. The average Bonchev–Trinajstić information content (AvgIpc) is 2.60. The lowest BCUT2D eigenvalue weighted by atomic mass is 10.2. The number of methoxy groups -OCH3 is 1. The molecule has 146 valence electrons. The van der Waals surface area contributed by atoms with Crippen molar-refractivity contribution in [3.8, 4) is 5.75 Å². The van der Waals surface area contributed by atoms with Crippen LogP contribution in [0.2, 0.25) is 0 Å². The number of carbonyl (C=O) groups is 1. The van der Waals surface area contributed by atoms with Gasteiger partial charge in [-0.25, -0.2) is 17.4 Å². The van der Waals surface area contributed by atoms with Crippen LogP contribution in [0.15, 0.2) is 52.3 Å². The normalized spacial score (nSPS) is 13.0. The molecule has 12 heteroatoms. The van der Waals surface area contributed by atoms with Gasteiger partial charge in [0, 0.05) is 10.6 Å². The van der Waals surface area contributed by atoms with Crippen molar-refractivity contribution in [1.82, 2.24) is 0 Å². The maximum absolute atomic E-state index is 12.4. The van der Waals surface area contributed by atoms with Crippen LogP contribution >= 0.6 is 0 Å². The second-order valence-corrected chi connectivity index (χ2v) is 8.17. The van der Waals surface area contributed by atoms with Gasteiger partial charge in [0.1, 0.15) is 11.3 Å². The molecule has 0 radical (unpaired) electrons. The minimum Gasteiger partial charge on any atom is -0.496 e. The number of hydrogen-bond donors (Lipinski definition) is 2. The molecule has 0 aliphatic heterocycles. The Bertz CT molecular complexity index is 988. The molecule has 0 fully saturated rings. The van der Waals surface area contributed by atoms with Gasteiger partial charge in [-0.1, -0.05) is 0 Å². The first-order valence-electron chi connectivity index (χ1n) is 6.98. The molecule has 0 saturated heterocycles. The number of halogens is 3. The van der Waals surface area contributed by atoms with E-state index in [1.807, 2.05) is 0 Å². The van der Waals surface area contributed by atoms with Crippen LogP contribution < -0.4 is 9.46 Å². The maximum Gasteiger partial charge on any atom is 0.475 e. The Balaban J connectivity index is 2.30. The number of ether oxygens (including phenoxy) is 1. The number of carboxylic acids is 1. The summed E-state index contributed by atoms with van der Waals surface area (Å²) in [5.74, 6) is -1.44. The van der Waals surface area contributed by atoms with Crippen LogP contribution in [0.5, 0.6) is 5.75 Å². The first kappa shape index (κ1) is 20.7. The van der Waals surface area contributed by atoms with Crippen molar-refractivity contribution in [1.29, 1.82) is 0 Å². The van der Waals surface area contributed by atoms with E-state index in [0.29, 0.717) is 0 Å². The van der Waals surface area contributed by atoms with Gasteiger partial charge in [-0.3, -0.25) is 4.72 Å². The van der Waals surface area contributed by atoms with Crippen LogP contribution in [-0.4, -0.2) is 36.3 Å². The fraction of sp³-hybridized carbons (Fsp3) is 0.133. The van der Waals surface area contributed by atoms with Crippen LogP contribution in [0.25, 0.3) is 0 Å². The lowest BCUT2D eigenvalue weighted by molar-refractivity contribution is -0.0384. The minimum atomic E-state index is -4.93. The average molecular weight is 423 g/mol. The smallest absolute Gasteiger partial charge is 0.475 e. The van der Waals surface area contributed by atoms with Crippen LogP contribution in [0.4, 0.5) is 18.9 Å². The summed E-state index contributed by atoms with van der Waals surface area (Å²) < 4.78 is 80.2. The SMILES string of the molecule is COc1ccc(S(=O)(=O)Nc2ccc([S@](=O)C(F)(F)F)cc2)cc1C(=O)O. The molecule has 2 rings (SSSR count). The zero-order valence-corrected chi connectivity index (χ0v) is 15.1. The minimum absolute atomic E-state index is 0.0413. The van der Waals surface area contributed by atoms with Crippen LogP contribution in [0.3, 0.4) is 0 Å². The third-order valence-corrected chi connectivity index (χ3v) is 5.74. The standard InChI is InChI=1S/C15H12F3NO6S2/c1-25-13-7-6-11(8-12(13)14(20)21)27(23,24)19-9-2-4-10(5-3-9)26(22)15(16,17)18/h2-8,19H,1H3,(H,20,21)/t26-/m0/s1. The molecule has 2 aromatic carbocycles. The summed E-state index contributed by atoms with van der Waals surface area (Å²) in [5.41, 5.74) is -5.40. The molecule has 2 N–H and O–H groups in total. The Morgan fingerprint density at radius 3 is 2.22 bits per heavy atom. The van der Waals surface area contributed by atoms with Gasteiger partial charge in [0.2, 0.25) is 0 Å². The van der Waals surface area contributed by atoms with Crippen molar-refractivity contribution in [3.63, 3.8) is 0 Å². The largest absolute Gasteiger partial charge is 0.496 e. The van der Waals surface area contributed by atoms with Gasteiger partial charge < -0.3 is 9.84 Å². The number of alkyl halides is 3. The molecule has 0 saturated carbocycles. The van der Waals surface area contributed by atoms with Gasteiger partial charge in [0.15, 0.2) is 10.8 Å². The van der Waals surface area contributed by atoms with Gasteiger partial charge >= 0.3 is 11.5 Å². The number of benzene rings is 2. The quantitative estimate of drug-likeness (QED) is 0.740. The lowest BCUT2D eigenvalue weighted by Crippen LogP contribution is -2.16. The molecule has 7 nitrogen and oxygen atoms in total. The summed E-state index contributed by atoms with van der Waals surface area (Å²) >= 11 is 0. The molecule has 0 spiro atoms. The third-order valence-electron chi connectivity index (χ3n) is 3.24. The summed E-state index contributed by atoms with van der Waals surface area (Å²) in [6.45, 7) is 0. The second kappa shape index (κ2) is 7.56. The van der Waals surface area contributed by atoms with Crippen molar-refractivity contribution in [3.05, 3.63) is 48.0 Å². The summed E-state index contributed by atoms with van der Waals surface area (Å²) in [6.07, 6.45) is 0. The molecule has 0 amide bonds. The molecule has 0 aromatic heterocycles. The fourth-order valence-electron chi connectivity index (χ4n) is 2.02. The van der Waals surface area contributed by atoms with Crippen molar-refractivity contribution in [2.24, 2.45) is 0 Å². The molecular weight excluding hydrogens is 411 g/mol. The van der Waals surface area contributed by atoms with E-state index in [9.17, 15) is 30.6 Å². The maximum atomic E-state index is 12.4. The molecule has 0 unspecified atom stereocenters. The number of aromatic carboxylic acids is 1. The second-order valence-electron chi connectivity index (χ2n) is 5.01. The van der Waals surface area contributed by atoms with Gasteiger partial charge in [0.25, 0.3) is 10.0 Å². The van der Waals surface area contributed by atoms with Gasteiger partial charge in [-0.05, 0) is 42.5 Å². The van der Waals surface area contributed by atoms with E-state index in [0.717, 1.165) is 42.5 Å². The highest BCUT2D eigenvalue weighted by molar-refractivity contribution is 7.92. The fourth-order valence-corrected chi connectivity index (χ4v) is 3.75. The number of carboxylic acid groups (broad SMARTS) is 1. The Morgan fingerprint density at radius 2 is 1.74 bits per heavy atom. The highest BCUT2D eigenvalue weighted by Gasteiger charge is 2.37. The summed E-state index contributed by atoms with van der Waals surface area (Å²) in [6, 6.07) is 6.93. The van der Waals surface area contributed by atoms with Crippen molar-refractivity contribution < 1.29 is 40.4 Å². The molecule has 1 atom stereocenters. The van der Waals surface area contributed by atoms with E-state index in [4.69, 9.17) is 9.84 Å². The summed E-state index contributed by atoms with van der Waals surface area (Å²) in [4.78, 5) is 10.3.